The van der Waals surface area contributed by atoms with Crippen LogP contribution in [-0.4, -0.2) is 28.1 Å². The Bertz CT molecular complexity index is 572. The fourth-order valence-electron chi connectivity index (χ4n) is 1.28. The van der Waals surface area contributed by atoms with E-state index in [1.807, 2.05) is 24.3 Å². The van der Waals surface area contributed by atoms with E-state index < -0.39 is 10.7 Å². The summed E-state index contributed by atoms with van der Waals surface area (Å²) < 4.78 is 5.07. The number of methoxy groups -OCH3 is 1. The van der Waals surface area contributed by atoms with Gasteiger partial charge in [-0.3, -0.25) is 10.1 Å². The van der Waals surface area contributed by atoms with Gasteiger partial charge >= 0.3 is 0 Å². The highest BCUT2D eigenvalue weighted by molar-refractivity contribution is 7.18. The molecular weight excluding hydrogens is 309 g/mol. The van der Waals surface area contributed by atoms with Gasteiger partial charge in [0, 0.05) is 5.56 Å². The zero-order valence-electron chi connectivity index (χ0n) is 9.76. The molecule has 1 aromatic carbocycles. The van der Waals surface area contributed by atoms with Crippen molar-refractivity contribution in [3.63, 3.8) is 0 Å². The van der Waals surface area contributed by atoms with Crippen LogP contribution in [0.1, 0.15) is 0 Å². The molecule has 0 aliphatic rings. The Labute approximate surface area is 123 Å². The summed E-state index contributed by atoms with van der Waals surface area (Å²) in [6.07, 6.45) is 0. The van der Waals surface area contributed by atoms with Crippen molar-refractivity contribution in [2.24, 2.45) is 0 Å². The van der Waals surface area contributed by atoms with Crippen LogP contribution in [0.4, 0.5) is 5.13 Å². The number of aromatic nitrogens is 2. The molecule has 0 saturated carbocycles. The highest BCUT2D eigenvalue weighted by Gasteiger charge is 2.14. The molecule has 5 nitrogen and oxygen atoms in total. The van der Waals surface area contributed by atoms with Gasteiger partial charge in [-0.25, -0.2) is 0 Å². The Morgan fingerprint density at radius 3 is 2.58 bits per heavy atom. The standard InChI is InChI=1S/C11H9Cl2N3O2S/c1-18-7-4-2-6(3-5-7)10-15-16-11(19-10)14-9(17)8(12)13/h2-5,8H,1H3,(H,14,16,17). The maximum absolute atomic E-state index is 11.3. The van der Waals surface area contributed by atoms with Crippen LogP contribution in [0.2, 0.25) is 0 Å². The zero-order chi connectivity index (χ0) is 13.8. The number of anilines is 1. The number of halogens is 2. The quantitative estimate of drug-likeness (QED) is 0.880. The summed E-state index contributed by atoms with van der Waals surface area (Å²) in [7, 11) is 1.60. The number of ether oxygens (including phenoxy) is 1. The van der Waals surface area contributed by atoms with E-state index in [2.05, 4.69) is 15.5 Å². The maximum Gasteiger partial charge on any atom is 0.259 e. The van der Waals surface area contributed by atoms with Crippen molar-refractivity contribution in [1.29, 1.82) is 0 Å². The average Bonchev–Trinajstić information content (AvgIpc) is 2.87. The first-order valence-corrected chi connectivity index (χ1v) is 6.86. The highest BCUT2D eigenvalue weighted by Crippen LogP contribution is 2.27. The van der Waals surface area contributed by atoms with E-state index in [9.17, 15) is 4.79 Å². The largest absolute Gasteiger partial charge is 0.497 e. The lowest BCUT2D eigenvalue weighted by molar-refractivity contribution is -0.114. The van der Waals surface area contributed by atoms with Crippen molar-refractivity contribution in [2.75, 3.05) is 12.4 Å². The minimum Gasteiger partial charge on any atom is -0.497 e. The van der Waals surface area contributed by atoms with E-state index in [4.69, 9.17) is 27.9 Å². The van der Waals surface area contributed by atoms with Crippen LogP contribution < -0.4 is 10.1 Å². The Kier molecular flexibility index (Phi) is 4.57. The molecule has 8 heteroatoms. The molecule has 100 valence electrons. The molecule has 0 spiro atoms. The first-order valence-electron chi connectivity index (χ1n) is 5.17. The molecule has 2 aromatic rings. The minimum absolute atomic E-state index is 0.349. The summed E-state index contributed by atoms with van der Waals surface area (Å²) in [6.45, 7) is 0. The second-order valence-electron chi connectivity index (χ2n) is 3.43. The Morgan fingerprint density at radius 1 is 1.32 bits per heavy atom. The van der Waals surface area contributed by atoms with Crippen LogP contribution in [0.5, 0.6) is 5.75 Å². The third-order valence-corrected chi connectivity index (χ3v) is 3.47. The van der Waals surface area contributed by atoms with E-state index in [1.54, 1.807) is 7.11 Å². The first-order chi connectivity index (χ1) is 9.10. The number of carbonyl (C=O) groups excluding carboxylic acids is 1. The summed E-state index contributed by atoms with van der Waals surface area (Å²) in [5.74, 6) is 0.231. The molecule has 0 saturated heterocycles. The van der Waals surface area contributed by atoms with Crippen molar-refractivity contribution >= 4 is 45.6 Å². The van der Waals surface area contributed by atoms with Gasteiger partial charge in [-0.2, -0.15) is 0 Å². The normalized spacial score (nSPS) is 10.5. The molecule has 0 aliphatic carbocycles. The second kappa shape index (κ2) is 6.18. The summed E-state index contributed by atoms with van der Waals surface area (Å²) in [4.78, 5) is 10.2. The van der Waals surface area contributed by atoms with Gasteiger partial charge in [-0.1, -0.05) is 34.5 Å². The lowest BCUT2D eigenvalue weighted by Crippen LogP contribution is -2.18. The molecule has 0 radical (unpaired) electrons. The molecule has 0 aliphatic heterocycles. The highest BCUT2D eigenvalue weighted by atomic mass is 35.5. The molecule has 0 unspecified atom stereocenters. The molecule has 1 N–H and O–H groups in total. The molecule has 1 amide bonds. The zero-order valence-corrected chi connectivity index (χ0v) is 12.1. The fraction of sp³-hybridized carbons (Fsp3) is 0.182. The Balaban J connectivity index is 2.13. The van der Waals surface area contributed by atoms with Crippen molar-refractivity contribution in [3.8, 4) is 16.3 Å². The molecular formula is C11H9Cl2N3O2S. The van der Waals surface area contributed by atoms with Gasteiger partial charge < -0.3 is 4.74 Å². The molecule has 0 fully saturated rings. The number of hydrogen-bond donors (Lipinski definition) is 1. The van der Waals surface area contributed by atoms with Gasteiger partial charge in [-0.15, -0.1) is 10.2 Å². The predicted molar refractivity (Wildman–Crippen MR) is 76.0 cm³/mol. The van der Waals surface area contributed by atoms with Crippen LogP contribution in [0.3, 0.4) is 0 Å². The molecule has 1 aromatic heterocycles. The number of hydrogen-bond acceptors (Lipinski definition) is 5. The average molecular weight is 318 g/mol. The van der Waals surface area contributed by atoms with Gasteiger partial charge in [0.1, 0.15) is 10.8 Å². The number of nitrogens with zero attached hydrogens (tertiary/aromatic N) is 2. The minimum atomic E-state index is -1.13. The van der Waals surface area contributed by atoms with E-state index >= 15 is 0 Å². The van der Waals surface area contributed by atoms with Crippen LogP contribution in [0.15, 0.2) is 24.3 Å². The first kappa shape index (κ1) is 14.0. The monoisotopic (exact) mass is 317 g/mol. The molecule has 1 heterocycles. The van der Waals surface area contributed by atoms with Gasteiger partial charge in [0.05, 0.1) is 7.11 Å². The van der Waals surface area contributed by atoms with E-state index in [-0.39, 0.29) is 0 Å². The lowest BCUT2D eigenvalue weighted by Gasteiger charge is -2.00. The van der Waals surface area contributed by atoms with Crippen LogP contribution in [0.25, 0.3) is 10.6 Å². The van der Waals surface area contributed by atoms with Gasteiger partial charge in [0.2, 0.25) is 5.13 Å². The summed E-state index contributed by atoms with van der Waals surface area (Å²) in [5.41, 5.74) is 0.882. The third-order valence-electron chi connectivity index (χ3n) is 2.19. The van der Waals surface area contributed by atoms with Crippen molar-refractivity contribution in [1.82, 2.24) is 10.2 Å². The Morgan fingerprint density at radius 2 is 2.00 bits per heavy atom. The number of rotatable bonds is 4. The lowest BCUT2D eigenvalue weighted by atomic mass is 10.2. The van der Waals surface area contributed by atoms with Crippen molar-refractivity contribution < 1.29 is 9.53 Å². The van der Waals surface area contributed by atoms with Crippen LogP contribution in [0, 0.1) is 0 Å². The van der Waals surface area contributed by atoms with E-state index in [0.29, 0.717) is 10.1 Å². The SMILES string of the molecule is COc1ccc(-c2nnc(NC(=O)C(Cl)Cl)s2)cc1. The van der Waals surface area contributed by atoms with Crippen molar-refractivity contribution in [3.05, 3.63) is 24.3 Å². The van der Waals surface area contributed by atoms with Gasteiger partial charge in [-0.05, 0) is 24.3 Å². The molecule has 0 atom stereocenters. The number of amides is 1. The predicted octanol–water partition coefficient (Wildman–Crippen LogP) is 2.96. The maximum atomic E-state index is 11.3. The van der Waals surface area contributed by atoms with Crippen LogP contribution >= 0.6 is 34.5 Å². The fourth-order valence-corrected chi connectivity index (χ4v) is 2.15. The van der Waals surface area contributed by atoms with Crippen LogP contribution in [-0.2, 0) is 4.79 Å². The summed E-state index contributed by atoms with van der Waals surface area (Å²) >= 11 is 12.1. The third kappa shape index (κ3) is 3.56. The van der Waals surface area contributed by atoms with Gasteiger partial charge in [0.15, 0.2) is 4.84 Å². The van der Waals surface area contributed by atoms with E-state index in [0.717, 1.165) is 11.3 Å². The number of carbonyl (C=O) groups is 1. The van der Waals surface area contributed by atoms with Crippen molar-refractivity contribution in [2.45, 2.75) is 4.84 Å². The molecule has 19 heavy (non-hydrogen) atoms. The topological polar surface area (TPSA) is 64.1 Å². The second-order valence-corrected chi connectivity index (χ2v) is 5.50. The molecule has 2 rings (SSSR count). The van der Waals surface area contributed by atoms with Gasteiger partial charge in [0.25, 0.3) is 5.91 Å². The number of benzene rings is 1. The number of nitrogens with one attached hydrogen (secondary N) is 1. The smallest absolute Gasteiger partial charge is 0.259 e. The Hall–Kier alpha value is -1.37. The number of alkyl halides is 2. The summed E-state index contributed by atoms with van der Waals surface area (Å²) in [6, 6.07) is 7.36. The molecule has 0 bridgehead atoms. The van der Waals surface area contributed by atoms with E-state index in [1.165, 1.54) is 11.3 Å². The summed E-state index contributed by atoms with van der Waals surface area (Å²) in [5, 5.41) is 11.3.